The van der Waals surface area contributed by atoms with E-state index in [4.69, 9.17) is 5.11 Å². The third-order valence-corrected chi connectivity index (χ3v) is 2.59. The normalized spacial score (nSPS) is 13.4. The average molecular weight is 215 g/mol. The van der Waals surface area contributed by atoms with E-state index in [0.717, 1.165) is 6.42 Å². The molecule has 0 heterocycles. The van der Waals surface area contributed by atoms with Crippen molar-refractivity contribution in [2.75, 3.05) is 27.2 Å². The molecule has 1 unspecified atom stereocenters. The standard InChI is InChI=1S/C11H22N2O2/c1-6-10(12-11(15)9(2)3)13(4,5)7-8-14/h10,14H,2,6-8H2,1,3-5H3/p+1. The van der Waals surface area contributed by atoms with Crippen molar-refractivity contribution in [1.82, 2.24) is 5.32 Å². The van der Waals surface area contributed by atoms with Gasteiger partial charge >= 0.3 is 0 Å². The molecule has 0 rings (SSSR count). The number of rotatable bonds is 6. The van der Waals surface area contributed by atoms with Gasteiger partial charge in [0.2, 0.25) is 0 Å². The molecule has 15 heavy (non-hydrogen) atoms. The van der Waals surface area contributed by atoms with Gasteiger partial charge in [0.15, 0.2) is 6.17 Å². The van der Waals surface area contributed by atoms with E-state index in [0.29, 0.717) is 16.6 Å². The van der Waals surface area contributed by atoms with Crippen LogP contribution in [-0.4, -0.2) is 48.9 Å². The Morgan fingerprint density at radius 1 is 1.53 bits per heavy atom. The average Bonchev–Trinajstić information content (AvgIpc) is 2.12. The molecule has 0 aromatic carbocycles. The van der Waals surface area contributed by atoms with Crippen molar-refractivity contribution in [2.24, 2.45) is 0 Å². The maximum atomic E-state index is 11.5. The summed E-state index contributed by atoms with van der Waals surface area (Å²) < 4.78 is 0.575. The molecule has 0 aliphatic heterocycles. The van der Waals surface area contributed by atoms with Gasteiger partial charge in [-0.1, -0.05) is 13.5 Å². The highest BCUT2D eigenvalue weighted by Crippen LogP contribution is 2.08. The number of likely N-dealkylation sites (N-methyl/N-ethyl adjacent to an activating group) is 1. The lowest BCUT2D eigenvalue weighted by atomic mass is 10.2. The fourth-order valence-corrected chi connectivity index (χ4v) is 1.46. The second-order valence-corrected chi connectivity index (χ2v) is 4.40. The van der Waals surface area contributed by atoms with Crippen LogP contribution in [0.2, 0.25) is 0 Å². The molecule has 4 nitrogen and oxygen atoms in total. The number of aliphatic hydroxyl groups excluding tert-OH is 1. The summed E-state index contributed by atoms with van der Waals surface area (Å²) >= 11 is 0. The first-order valence-electron chi connectivity index (χ1n) is 5.25. The monoisotopic (exact) mass is 215 g/mol. The molecular formula is C11H23N2O2+. The highest BCUT2D eigenvalue weighted by Gasteiger charge is 2.27. The molecule has 0 radical (unpaired) electrons. The molecule has 0 aliphatic rings. The highest BCUT2D eigenvalue weighted by atomic mass is 16.3. The first kappa shape index (κ1) is 14.1. The van der Waals surface area contributed by atoms with Gasteiger partial charge in [-0.3, -0.25) is 4.79 Å². The maximum Gasteiger partial charge on any atom is 0.250 e. The van der Waals surface area contributed by atoms with Crippen LogP contribution >= 0.6 is 0 Å². The summed E-state index contributed by atoms with van der Waals surface area (Å²) in [5.41, 5.74) is 0.512. The minimum Gasteiger partial charge on any atom is -0.391 e. The van der Waals surface area contributed by atoms with Gasteiger partial charge in [-0.25, -0.2) is 0 Å². The van der Waals surface area contributed by atoms with Gasteiger partial charge in [0.05, 0.1) is 20.7 Å². The molecule has 2 N–H and O–H groups in total. The summed E-state index contributed by atoms with van der Waals surface area (Å²) in [5.74, 6) is -0.119. The largest absolute Gasteiger partial charge is 0.391 e. The Morgan fingerprint density at radius 2 is 2.07 bits per heavy atom. The SMILES string of the molecule is C=C(C)C(=O)NC(CC)[N+](C)(C)CCO. The summed E-state index contributed by atoms with van der Waals surface area (Å²) in [5, 5.41) is 11.9. The molecule has 0 spiro atoms. The van der Waals surface area contributed by atoms with E-state index in [1.807, 2.05) is 21.0 Å². The van der Waals surface area contributed by atoms with Crippen molar-refractivity contribution >= 4 is 5.91 Å². The molecule has 0 saturated heterocycles. The zero-order chi connectivity index (χ0) is 12.1. The third kappa shape index (κ3) is 4.44. The minimum atomic E-state index is -0.119. The highest BCUT2D eigenvalue weighted by molar-refractivity contribution is 5.92. The molecule has 4 heteroatoms. The Bertz CT molecular complexity index is 237. The number of aliphatic hydroxyl groups is 1. The zero-order valence-corrected chi connectivity index (χ0v) is 10.2. The molecular weight excluding hydrogens is 192 g/mol. The predicted molar refractivity (Wildman–Crippen MR) is 61.1 cm³/mol. The number of nitrogens with one attached hydrogen (secondary N) is 1. The van der Waals surface area contributed by atoms with Crippen LogP contribution in [0.1, 0.15) is 20.3 Å². The molecule has 0 fully saturated rings. The third-order valence-electron chi connectivity index (χ3n) is 2.59. The van der Waals surface area contributed by atoms with Crippen molar-refractivity contribution in [1.29, 1.82) is 0 Å². The summed E-state index contributed by atoms with van der Waals surface area (Å²) in [6.07, 6.45) is 0.841. The smallest absolute Gasteiger partial charge is 0.250 e. The molecule has 1 amide bonds. The quantitative estimate of drug-likeness (QED) is 0.385. The lowest BCUT2D eigenvalue weighted by molar-refractivity contribution is -0.917. The minimum absolute atomic E-state index is 0.0151. The molecule has 0 saturated carbocycles. The van der Waals surface area contributed by atoms with Crippen molar-refractivity contribution in [2.45, 2.75) is 26.4 Å². The van der Waals surface area contributed by atoms with Crippen LogP contribution < -0.4 is 5.32 Å². The second-order valence-electron chi connectivity index (χ2n) is 4.40. The molecule has 1 atom stereocenters. The summed E-state index contributed by atoms with van der Waals surface area (Å²) in [6, 6.07) is 0. The van der Waals surface area contributed by atoms with Crippen molar-refractivity contribution in [3.63, 3.8) is 0 Å². The number of carbonyl (C=O) groups is 1. The first-order valence-corrected chi connectivity index (χ1v) is 5.25. The van der Waals surface area contributed by atoms with Gasteiger partial charge in [-0.2, -0.15) is 0 Å². The van der Waals surface area contributed by atoms with Gasteiger partial charge in [0.1, 0.15) is 6.54 Å². The van der Waals surface area contributed by atoms with Crippen LogP contribution in [0.5, 0.6) is 0 Å². The number of amides is 1. The number of nitrogens with zero attached hydrogens (tertiary/aromatic N) is 1. The second kappa shape index (κ2) is 5.88. The zero-order valence-electron chi connectivity index (χ0n) is 10.2. The first-order chi connectivity index (χ1) is 6.85. The lowest BCUT2D eigenvalue weighted by Crippen LogP contribution is -2.58. The van der Waals surface area contributed by atoms with E-state index >= 15 is 0 Å². The predicted octanol–water partition coefficient (Wildman–Crippen LogP) is 0.484. The van der Waals surface area contributed by atoms with Crippen molar-refractivity contribution < 1.29 is 14.4 Å². The fraction of sp³-hybridized carbons (Fsp3) is 0.727. The van der Waals surface area contributed by atoms with E-state index in [1.165, 1.54) is 0 Å². The summed E-state index contributed by atoms with van der Waals surface area (Å²) in [6.45, 7) is 8.04. The van der Waals surface area contributed by atoms with Gasteiger partial charge in [0, 0.05) is 12.0 Å². The van der Waals surface area contributed by atoms with Crippen LogP contribution in [-0.2, 0) is 4.79 Å². The van der Waals surface area contributed by atoms with E-state index in [1.54, 1.807) is 6.92 Å². The van der Waals surface area contributed by atoms with E-state index in [-0.39, 0.29) is 18.7 Å². The number of quaternary nitrogens is 1. The van der Waals surface area contributed by atoms with E-state index < -0.39 is 0 Å². The maximum absolute atomic E-state index is 11.5. The van der Waals surface area contributed by atoms with Gasteiger partial charge in [-0.05, 0) is 6.92 Å². The number of hydrogen-bond donors (Lipinski definition) is 2. The van der Waals surface area contributed by atoms with E-state index in [2.05, 4.69) is 11.9 Å². The Labute approximate surface area is 92.2 Å². The Morgan fingerprint density at radius 3 is 2.40 bits per heavy atom. The van der Waals surface area contributed by atoms with Crippen molar-refractivity contribution in [3.05, 3.63) is 12.2 Å². The fourth-order valence-electron chi connectivity index (χ4n) is 1.46. The number of carbonyl (C=O) groups excluding carboxylic acids is 1. The molecule has 0 aliphatic carbocycles. The summed E-state index contributed by atoms with van der Waals surface area (Å²) in [7, 11) is 3.98. The summed E-state index contributed by atoms with van der Waals surface area (Å²) in [4.78, 5) is 11.5. The van der Waals surface area contributed by atoms with Crippen LogP contribution in [0.25, 0.3) is 0 Å². The lowest BCUT2D eigenvalue weighted by Gasteiger charge is -2.37. The number of hydrogen-bond acceptors (Lipinski definition) is 2. The van der Waals surface area contributed by atoms with Crippen LogP contribution in [0.4, 0.5) is 0 Å². The van der Waals surface area contributed by atoms with Gasteiger partial charge < -0.3 is 14.9 Å². The molecule has 0 aromatic heterocycles. The van der Waals surface area contributed by atoms with Crippen LogP contribution in [0, 0.1) is 0 Å². The Kier molecular flexibility index (Phi) is 5.54. The molecule has 0 bridgehead atoms. The van der Waals surface area contributed by atoms with E-state index in [9.17, 15) is 4.79 Å². The Balaban J connectivity index is 4.48. The van der Waals surface area contributed by atoms with Crippen molar-refractivity contribution in [3.8, 4) is 0 Å². The Hall–Kier alpha value is -0.870. The van der Waals surface area contributed by atoms with Crippen LogP contribution in [0.3, 0.4) is 0 Å². The molecule has 88 valence electrons. The van der Waals surface area contributed by atoms with Crippen LogP contribution in [0.15, 0.2) is 12.2 Å². The molecule has 0 aromatic rings. The van der Waals surface area contributed by atoms with Gasteiger partial charge in [-0.15, -0.1) is 0 Å². The van der Waals surface area contributed by atoms with Gasteiger partial charge in [0.25, 0.3) is 5.91 Å². The topological polar surface area (TPSA) is 49.3 Å².